The van der Waals surface area contributed by atoms with Crippen LogP contribution in [0.25, 0.3) is 0 Å². The molecule has 1 N–H and O–H groups in total. The quantitative estimate of drug-likeness (QED) is 0.663. The maximum Gasteiger partial charge on any atom is 0.339 e. The molecule has 5 nitrogen and oxygen atoms in total. The van der Waals surface area contributed by atoms with Crippen LogP contribution >= 0.6 is 0 Å². The topological polar surface area (TPSA) is 64.6 Å². The summed E-state index contributed by atoms with van der Waals surface area (Å²) < 4.78 is 23.8. The molecule has 0 spiro atoms. The Morgan fingerprint density at radius 3 is 2.66 bits per heavy atom. The van der Waals surface area contributed by atoms with Gasteiger partial charge in [-0.25, -0.2) is 9.18 Å². The Bertz CT molecular complexity index is 1080. The first-order valence-electron chi connectivity index (χ1n) is 9.08. The Labute approximate surface area is 167 Å². The molecule has 0 aliphatic carbocycles. The van der Waals surface area contributed by atoms with E-state index in [1.54, 1.807) is 61.7 Å². The molecule has 1 amide bonds. The van der Waals surface area contributed by atoms with Crippen LogP contribution in [0, 0.1) is 5.82 Å². The number of hydrogen-bond donors (Lipinski definition) is 1. The molecule has 1 heterocycles. The van der Waals surface area contributed by atoms with Crippen LogP contribution in [0.4, 0.5) is 10.1 Å². The lowest BCUT2D eigenvalue weighted by Gasteiger charge is -2.25. The second-order valence-electron chi connectivity index (χ2n) is 6.71. The summed E-state index contributed by atoms with van der Waals surface area (Å²) in [4.78, 5) is 25.0. The number of rotatable bonds is 4. The number of fused-ring (bicyclic) bond motifs is 1. The van der Waals surface area contributed by atoms with Gasteiger partial charge in [0, 0.05) is 23.7 Å². The third kappa shape index (κ3) is 3.96. The molecule has 0 unspecified atom stereocenters. The summed E-state index contributed by atoms with van der Waals surface area (Å²) in [7, 11) is 1.56. The SMILES string of the molecule is COc1cccc(NC(=O)c2ccc3c(c2)C[C@H](c2ccc(F)cc2)OC3=O)c1. The lowest BCUT2D eigenvalue weighted by Crippen LogP contribution is -2.23. The Balaban J connectivity index is 1.57. The molecule has 0 radical (unpaired) electrons. The molecule has 0 saturated heterocycles. The van der Waals surface area contributed by atoms with Crippen molar-refractivity contribution in [3.05, 3.63) is 94.8 Å². The van der Waals surface area contributed by atoms with Gasteiger partial charge in [0.1, 0.15) is 17.7 Å². The van der Waals surface area contributed by atoms with E-state index in [-0.39, 0.29) is 11.7 Å². The monoisotopic (exact) mass is 391 g/mol. The van der Waals surface area contributed by atoms with E-state index in [1.807, 2.05) is 0 Å². The van der Waals surface area contributed by atoms with Gasteiger partial charge in [-0.1, -0.05) is 18.2 Å². The summed E-state index contributed by atoms with van der Waals surface area (Å²) >= 11 is 0. The van der Waals surface area contributed by atoms with Gasteiger partial charge in [-0.05, 0) is 53.6 Å². The van der Waals surface area contributed by atoms with Crippen LogP contribution in [0.3, 0.4) is 0 Å². The van der Waals surface area contributed by atoms with Gasteiger partial charge in [-0.2, -0.15) is 0 Å². The number of esters is 1. The number of benzene rings is 3. The second-order valence-corrected chi connectivity index (χ2v) is 6.71. The number of carbonyl (C=O) groups excluding carboxylic acids is 2. The molecular formula is C23H18FNO4. The molecule has 4 rings (SSSR count). The zero-order chi connectivity index (χ0) is 20.4. The number of methoxy groups -OCH3 is 1. The summed E-state index contributed by atoms with van der Waals surface area (Å²) in [6, 6.07) is 17.8. The third-order valence-electron chi connectivity index (χ3n) is 4.81. The molecule has 1 atom stereocenters. The molecule has 29 heavy (non-hydrogen) atoms. The third-order valence-corrected chi connectivity index (χ3v) is 4.81. The molecule has 0 saturated carbocycles. The predicted molar refractivity (Wildman–Crippen MR) is 106 cm³/mol. The highest BCUT2D eigenvalue weighted by molar-refractivity contribution is 6.05. The molecule has 1 aliphatic rings. The number of cyclic esters (lactones) is 1. The Morgan fingerprint density at radius 2 is 1.90 bits per heavy atom. The van der Waals surface area contributed by atoms with Gasteiger partial charge in [-0.15, -0.1) is 0 Å². The molecule has 146 valence electrons. The van der Waals surface area contributed by atoms with E-state index in [2.05, 4.69) is 5.32 Å². The highest BCUT2D eigenvalue weighted by Crippen LogP contribution is 2.31. The molecule has 1 aliphatic heterocycles. The first-order valence-corrected chi connectivity index (χ1v) is 9.08. The summed E-state index contributed by atoms with van der Waals surface area (Å²) in [6.07, 6.45) is -0.111. The van der Waals surface area contributed by atoms with Gasteiger partial charge in [-0.3, -0.25) is 4.79 Å². The minimum atomic E-state index is -0.521. The van der Waals surface area contributed by atoms with Crippen molar-refractivity contribution in [3.8, 4) is 5.75 Å². The molecule has 3 aromatic carbocycles. The molecule has 0 fully saturated rings. The van der Waals surface area contributed by atoms with E-state index in [1.165, 1.54) is 12.1 Å². The van der Waals surface area contributed by atoms with Crippen molar-refractivity contribution in [2.45, 2.75) is 12.5 Å². The highest BCUT2D eigenvalue weighted by Gasteiger charge is 2.28. The average molecular weight is 391 g/mol. The standard InChI is InChI=1S/C23H18FNO4/c1-28-19-4-2-3-18(13-19)25-22(26)15-7-10-20-16(11-15)12-21(29-23(20)27)14-5-8-17(24)9-6-14/h2-11,13,21H,12H2,1H3,(H,25,26)/t21-/m1/s1. The van der Waals surface area contributed by atoms with Gasteiger partial charge in [0.05, 0.1) is 12.7 Å². The zero-order valence-electron chi connectivity index (χ0n) is 15.6. The Kier molecular flexibility index (Phi) is 4.99. The smallest absolute Gasteiger partial charge is 0.339 e. The largest absolute Gasteiger partial charge is 0.497 e. The fourth-order valence-corrected chi connectivity index (χ4v) is 3.30. The van der Waals surface area contributed by atoms with Crippen molar-refractivity contribution in [2.75, 3.05) is 12.4 Å². The molecule has 6 heteroatoms. The van der Waals surface area contributed by atoms with Crippen LogP contribution in [0.5, 0.6) is 5.75 Å². The van der Waals surface area contributed by atoms with Crippen LogP contribution in [-0.4, -0.2) is 19.0 Å². The number of ether oxygens (including phenoxy) is 2. The predicted octanol–water partition coefficient (Wildman–Crippen LogP) is 4.54. The fraction of sp³-hybridized carbons (Fsp3) is 0.130. The number of nitrogens with one attached hydrogen (secondary N) is 1. The van der Waals surface area contributed by atoms with E-state index in [0.717, 1.165) is 0 Å². The Morgan fingerprint density at radius 1 is 1.10 bits per heavy atom. The number of hydrogen-bond acceptors (Lipinski definition) is 4. The molecule has 0 aromatic heterocycles. The van der Waals surface area contributed by atoms with Crippen molar-refractivity contribution in [1.29, 1.82) is 0 Å². The van der Waals surface area contributed by atoms with Crippen molar-refractivity contribution < 1.29 is 23.5 Å². The molecule has 3 aromatic rings. The lowest BCUT2D eigenvalue weighted by atomic mass is 9.93. The van der Waals surface area contributed by atoms with Crippen molar-refractivity contribution >= 4 is 17.6 Å². The summed E-state index contributed by atoms with van der Waals surface area (Å²) in [6.45, 7) is 0. The van der Waals surface area contributed by atoms with Crippen LogP contribution < -0.4 is 10.1 Å². The van der Waals surface area contributed by atoms with Crippen molar-refractivity contribution in [2.24, 2.45) is 0 Å². The highest BCUT2D eigenvalue weighted by atomic mass is 19.1. The van der Waals surface area contributed by atoms with Gasteiger partial charge >= 0.3 is 5.97 Å². The van der Waals surface area contributed by atoms with E-state index in [4.69, 9.17) is 9.47 Å². The summed E-state index contributed by atoms with van der Waals surface area (Å²) in [5.74, 6) is -0.468. The fourth-order valence-electron chi connectivity index (χ4n) is 3.30. The maximum atomic E-state index is 13.2. The van der Waals surface area contributed by atoms with Gasteiger partial charge < -0.3 is 14.8 Å². The minimum Gasteiger partial charge on any atom is -0.497 e. The molecule has 0 bridgehead atoms. The van der Waals surface area contributed by atoms with Crippen LogP contribution in [0.15, 0.2) is 66.7 Å². The summed E-state index contributed by atoms with van der Waals surface area (Å²) in [5, 5.41) is 2.82. The lowest BCUT2D eigenvalue weighted by molar-refractivity contribution is 0.0252. The Hall–Kier alpha value is -3.67. The van der Waals surface area contributed by atoms with E-state index in [0.29, 0.717) is 40.1 Å². The molecular weight excluding hydrogens is 373 g/mol. The normalized spacial score (nSPS) is 15.2. The van der Waals surface area contributed by atoms with Gasteiger partial charge in [0.25, 0.3) is 5.91 Å². The number of halogens is 1. The minimum absolute atomic E-state index is 0.293. The maximum absolute atomic E-state index is 13.2. The van der Waals surface area contributed by atoms with Gasteiger partial charge in [0.2, 0.25) is 0 Å². The van der Waals surface area contributed by atoms with E-state index in [9.17, 15) is 14.0 Å². The summed E-state index contributed by atoms with van der Waals surface area (Å²) in [5.41, 5.74) is 2.89. The first-order chi connectivity index (χ1) is 14.0. The van der Waals surface area contributed by atoms with Crippen LogP contribution in [-0.2, 0) is 11.2 Å². The van der Waals surface area contributed by atoms with Gasteiger partial charge in [0.15, 0.2) is 0 Å². The zero-order valence-corrected chi connectivity index (χ0v) is 15.6. The number of carbonyl (C=O) groups is 2. The second kappa shape index (κ2) is 7.75. The number of anilines is 1. The van der Waals surface area contributed by atoms with Crippen molar-refractivity contribution in [3.63, 3.8) is 0 Å². The van der Waals surface area contributed by atoms with E-state index < -0.39 is 12.1 Å². The van der Waals surface area contributed by atoms with E-state index >= 15 is 0 Å². The first kappa shape index (κ1) is 18.7. The van der Waals surface area contributed by atoms with Crippen LogP contribution in [0.2, 0.25) is 0 Å². The van der Waals surface area contributed by atoms with Crippen LogP contribution in [0.1, 0.15) is 37.9 Å². The van der Waals surface area contributed by atoms with Crippen molar-refractivity contribution in [1.82, 2.24) is 0 Å². The number of amides is 1. The average Bonchev–Trinajstić information content (AvgIpc) is 2.74.